The maximum absolute atomic E-state index is 5.36. The van der Waals surface area contributed by atoms with Gasteiger partial charge in [0.15, 0.2) is 0 Å². The molecule has 5 heteroatoms. The minimum atomic E-state index is 0.664. The lowest BCUT2D eigenvalue weighted by Gasteiger charge is -2.06. The number of rotatable bonds is 9. The molecule has 0 fully saturated rings. The highest BCUT2D eigenvalue weighted by molar-refractivity contribution is 5.34. The van der Waals surface area contributed by atoms with E-state index in [2.05, 4.69) is 15.5 Å². The van der Waals surface area contributed by atoms with E-state index in [-0.39, 0.29) is 0 Å². The molecule has 1 heterocycles. The molecule has 1 aromatic heterocycles. The number of aromatic nitrogens is 2. The number of hydrogen-bond acceptors (Lipinski definition) is 5. The van der Waals surface area contributed by atoms with E-state index in [4.69, 9.17) is 9.47 Å². The molecule has 0 amide bonds. The van der Waals surface area contributed by atoms with Crippen molar-refractivity contribution in [2.24, 2.45) is 0 Å². The van der Waals surface area contributed by atoms with Crippen LogP contribution < -0.4 is 5.32 Å². The van der Waals surface area contributed by atoms with Gasteiger partial charge < -0.3 is 14.8 Å². The van der Waals surface area contributed by atoms with Gasteiger partial charge in [0.1, 0.15) is 5.82 Å². The first-order valence-corrected chi connectivity index (χ1v) is 5.93. The maximum Gasteiger partial charge on any atom is 0.148 e. The summed E-state index contributed by atoms with van der Waals surface area (Å²) in [5, 5.41) is 11.1. The van der Waals surface area contributed by atoms with Crippen LogP contribution in [0.15, 0.2) is 12.3 Å². The van der Waals surface area contributed by atoms with E-state index in [1.807, 2.05) is 13.0 Å². The molecule has 0 aliphatic rings. The molecule has 17 heavy (non-hydrogen) atoms. The van der Waals surface area contributed by atoms with Gasteiger partial charge in [-0.3, -0.25) is 0 Å². The number of nitrogens with one attached hydrogen (secondary N) is 1. The third-order valence-electron chi connectivity index (χ3n) is 2.24. The molecule has 0 radical (unpaired) electrons. The second-order valence-electron chi connectivity index (χ2n) is 3.86. The molecule has 1 N–H and O–H groups in total. The van der Waals surface area contributed by atoms with Crippen LogP contribution >= 0.6 is 0 Å². The highest BCUT2D eigenvalue weighted by Crippen LogP contribution is 2.03. The Hall–Kier alpha value is -1.20. The van der Waals surface area contributed by atoms with Crippen molar-refractivity contribution >= 4 is 5.82 Å². The van der Waals surface area contributed by atoms with Crippen LogP contribution in [-0.4, -0.2) is 43.7 Å². The van der Waals surface area contributed by atoms with Gasteiger partial charge in [-0.2, -0.15) is 5.10 Å². The molecular formula is C12H21N3O2. The van der Waals surface area contributed by atoms with Crippen LogP contribution in [0.3, 0.4) is 0 Å². The minimum absolute atomic E-state index is 0.664. The molecular weight excluding hydrogens is 218 g/mol. The van der Waals surface area contributed by atoms with Gasteiger partial charge in [0.2, 0.25) is 0 Å². The number of unbranched alkanes of at least 4 members (excludes halogenated alkanes) is 1. The lowest BCUT2D eigenvalue weighted by molar-refractivity contribution is 0.0691. The quantitative estimate of drug-likeness (QED) is 0.664. The summed E-state index contributed by atoms with van der Waals surface area (Å²) in [4.78, 5) is 0. The Morgan fingerprint density at radius 2 is 2.12 bits per heavy atom. The predicted octanol–water partition coefficient (Wildman–Crippen LogP) is 1.64. The van der Waals surface area contributed by atoms with E-state index in [1.165, 1.54) is 0 Å². The normalized spacial score (nSPS) is 10.5. The van der Waals surface area contributed by atoms with Gasteiger partial charge in [-0.1, -0.05) is 0 Å². The highest BCUT2D eigenvalue weighted by atomic mass is 16.5. The average molecular weight is 239 g/mol. The lowest BCUT2D eigenvalue weighted by Crippen LogP contribution is -2.07. The van der Waals surface area contributed by atoms with Crippen LogP contribution in [0, 0.1) is 6.92 Å². The summed E-state index contributed by atoms with van der Waals surface area (Å²) >= 11 is 0. The Labute approximate surface area is 103 Å². The van der Waals surface area contributed by atoms with Crippen LogP contribution in [0.25, 0.3) is 0 Å². The van der Waals surface area contributed by atoms with Crippen molar-refractivity contribution in [3.63, 3.8) is 0 Å². The first-order chi connectivity index (χ1) is 8.33. The van der Waals surface area contributed by atoms with Gasteiger partial charge in [-0.05, 0) is 31.4 Å². The van der Waals surface area contributed by atoms with E-state index in [1.54, 1.807) is 13.3 Å². The zero-order chi connectivity index (χ0) is 12.3. The molecule has 0 aliphatic heterocycles. The third kappa shape index (κ3) is 6.86. The van der Waals surface area contributed by atoms with E-state index in [9.17, 15) is 0 Å². The first-order valence-electron chi connectivity index (χ1n) is 5.93. The second kappa shape index (κ2) is 8.90. The van der Waals surface area contributed by atoms with Crippen molar-refractivity contribution in [3.8, 4) is 0 Å². The van der Waals surface area contributed by atoms with E-state index >= 15 is 0 Å². The van der Waals surface area contributed by atoms with Crippen molar-refractivity contribution < 1.29 is 9.47 Å². The Morgan fingerprint density at radius 1 is 1.24 bits per heavy atom. The van der Waals surface area contributed by atoms with Gasteiger partial charge in [0.05, 0.1) is 19.4 Å². The standard InChI is InChI=1S/C12H21N3O2/c1-11-9-12(15-14-10-11)13-5-3-4-6-17-8-7-16-2/h9-10H,3-8H2,1-2H3,(H,13,15). The Morgan fingerprint density at radius 3 is 2.88 bits per heavy atom. The molecule has 0 aromatic carbocycles. The van der Waals surface area contributed by atoms with Crippen molar-refractivity contribution in [3.05, 3.63) is 17.8 Å². The van der Waals surface area contributed by atoms with Crippen LogP contribution in [0.5, 0.6) is 0 Å². The predicted molar refractivity (Wildman–Crippen MR) is 67.2 cm³/mol. The topological polar surface area (TPSA) is 56.3 Å². The van der Waals surface area contributed by atoms with Crippen molar-refractivity contribution in [2.45, 2.75) is 19.8 Å². The molecule has 0 atom stereocenters. The molecule has 0 aliphatic carbocycles. The molecule has 0 saturated carbocycles. The van der Waals surface area contributed by atoms with Crippen molar-refractivity contribution in [1.82, 2.24) is 10.2 Å². The summed E-state index contributed by atoms with van der Waals surface area (Å²) in [5.41, 5.74) is 1.12. The van der Waals surface area contributed by atoms with Gasteiger partial charge in [0.25, 0.3) is 0 Å². The van der Waals surface area contributed by atoms with Crippen LogP contribution in [0.2, 0.25) is 0 Å². The van der Waals surface area contributed by atoms with E-state index in [0.29, 0.717) is 13.2 Å². The molecule has 5 nitrogen and oxygen atoms in total. The van der Waals surface area contributed by atoms with Crippen LogP contribution in [0.1, 0.15) is 18.4 Å². The van der Waals surface area contributed by atoms with Crippen LogP contribution in [-0.2, 0) is 9.47 Å². The van der Waals surface area contributed by atoms with Gasteiger partial charge in [-0.15, -0.1) is 5.10 Å². The largest absolute Gasteiger partial charge is 0.382 e. The summed E-state index contributed by atoms with van der Waals surface area (Å²) in [5.74, 6) is 0.838. The van der Waals surface area contributed by atoms with Crippen molar-refractivity contribution in [2.75, 3.05) is 38.8 Å². The minimum Gasteiger partial charge on any atom is -0.382 e. The number of methoxy groups -OCH3 is 1. The summed E-state index contributed by atoms with van der Waals surface area (Å²) in [6, 6.07) is 1.99. The highest BCUT2D eigenvalue weighted by Gasteiger charge is 1.95. The fourth-order valence-corrected chi connectivity index (χ4v) is 1.34. The number of aryl methyl sites for hydroxylation is 1. The van der Waals surface area contributed by atoms with Gasteiger partial charge in [0, 0.05) is 20.3 Å². The zero-order valence-corrected chi connectivity index (χ0v) is 10.6. The number of anilines is 1. The molecule has 0 unspecified atom stereocenters. The van der Waals surface area contributed by atoms with Gasteiger partial charge in [-0.25, -0.2) is 0 Å². The van der Waals surface area contributed by atoms with Crippen molar-refractivity contribution in [1.29, 1.82) is 0 Å². The average Bonchev–Trinajstić information content (AvgIpc) is 2.33. The summed E-state index contributed by atoms with van der Waals surface area (Å²) in [6.07, 6.45) is 3.84. The summed E-state index contributed by atoms with van der Waals surface area (Å²) in [7, 11) is 1.68. The molecule has 1 aromatic rings. The Balaban J connectivity index is 1.97. The monoisotopic (exact) mass is 239 g/mol. The fourth-order valence-electron chi connectivity index (χ4n) is 1.34. The summed E-state index contributed by atoms with van der Waals surface area (Å²) in [6.45, 7) is 5.02. The Kier molecular flexibility index (Phi) is 7.25. The number of hydrogen-bond donors (Lipinski definition) is 1. The van der Waals surface area contributed by atoms with Crippen LogP contribution in [0.4, 0.5) is 5.82 Å². The molecule has 0 saturated heterocycles. The summed E-state index contributed by atoms with van der Waals surface area (Å²) < 4.78 is 10.3. The maximum atomic E-state index is 5.36. The van der Waals surface area contributed by atoms with E-state index in [0.717, 1.165) is 37.4 Å². The fraction of sp³-hybridized carbons (Fsp3) is 0.667. The SMILES string of the molecule is COCCOCCCCNc1cc(C)cnn1. The van der Waals surface area contributed by atoms with E-state index < -0.39 is 0 Å². The smallest absolute Gasteiger partial charge is 0.148 e. The molecule has 96 valence electrons. The third-order valence-corrected chi connectivity index (χ3v) is 2.24. The molecule has 0 bridgehead atoms. The lowest BCUT2D eigenvalue weighted by atomic mass is 10.3. The Bertz CT molecular complexity index is 308. The molecule has 0 spiro atoms. The number of nitrogens with zero attached hydrogens (tertiary/aromatic N) is 2. The zero-order valence-electron chi connectivity index (χ0n) is 10.6. The second-order valence-corrected chi connectivity index (χ2v) is 3.86. The number of ether oxygens (including phenoxy) is 2. The first kappa shape index (κ1) is 13.9. The molecule has 1 rings (SSSR count). The van der Waals surface area contributed by atoms with Gasteiger partial charge >= 0.3 is 0 Å².